The van der Waals surface area contributed by atoms with Gasteiger partial charge in [-0.1, -0.05) is 17.4 Å². The van der Waals surface area contributed by atoms with Crippen molar-refractivity contribution in [2.24, 2.45) is 0 Å². The summed E-state index contributed by atoms with van der Waals surface area (Å²) in [5.74, 6) is -1.73. The molecule has 41 heavy (non-hydrogen) atoms. The number of pyridine rings is 1. The molecule has 9 nitrogen and oxygen atoms in total. The molecule has 1 aromatic carbocycles. The maximum absolute atomic E-state index is 14.1. The molecule has 1 saturated carbocycles. The van der Waals surface area contributed by atoms with E-state index in [4.69, 9.17) is 4.98 Å². The Morgan fingerprint density at radius 3 is 2.73 bits per heavy atom. The number of aromatic nitrogens is 4. The molecule has 0 atom stereocenters. The third-order valence-corrected chi connectivity index (χ3v) is 8.42. The molecule has 0 amide bonds. The summed E-state index contributed by atoms with van der Waals surface area (Å²) in [7, 11) is 0. The highest BCUT2D eigenvalue weighted by atomic mass is 32.1. The normalized spacial score (nSPS) is 20.9. The van der Waals surface area contributed by atoms with Gasteiger partial charge in [0, 0.05) is 43.0 Å². The van der Waals surface area contributed by atoms with Gasteiger partial charge < -0.3 is 15.7 Å². The number of anilines is 3. The highest BCUT2D eigenvalue weighted by Gasteiger charge is 2.35. The molecule has 1 saturated heterocycles. The van der Waals surface area contributed by atoms with E-state index >= 15 is 0 Å². The Balaban J connectivity index is 1.25. The number of hydrogen-bond acceptors (Lipinski definition) is 10. The number of hydrogen-bond donors (Lipinski definition) is 3. The molecule has 4 heterocycles. The number of thiazole rings is 1. The lowest BCUT2D eigenvalue weighted by Crippen LogP contribution is -2.42. The van der Waals surface area contributed by atoms with Crippen LogP contribution in [0.3, 0.4) is 0 Å². The highest BCUT2D eigenvalue weighted by Crippen LogP contribution is 2.33. The minimum Gasteiger partial charge on any atom is -0.393 e. The fraction of sp³-hybridized carbons (Fsp3) is 0.414. The molecule has 3 N–H and O–H groups in total. The monoisotopic (exact) mass is 576 g/mol. The van der Waals surface area contributed by atoms with Crippen molar-refractivity contribution in [2.45, 2.75) is 63.1 Å². The average molecular weight is 577 g/mol. The Hall–Kier alpha value is -3.79. The van der Waals surface area contributed by atoms with Crippen molar-refractivity contribution >= 4 is 38.5 Å². The first-order chi connectivity index (χ1) is 19.8. The van der Waals surface area contributed by atoms with E-state index in [0.29, 0.717) is 47.7 Å². The van der Waals surface area contributed by atoms with Crippen molar-refractivity contribution in [3.05, 3.63) is 54.0 Å². The van der Waals surface area contributed by atoms with Gasteiger partial charge in [0.1, 0.15) is 11.9 Å². The number of piperidine rings is 1. The Morgan fingerprint density at radius 1 is 1.07 bits per heavy atom. The van der Waals surface area contributed by atoms with Crippen molar-refractivity contribution in [1.29, 1.82) is 5.26 Å². The topological polar surface area (TPSA) is 123 Å². The average Bonchev–Trinajstić information content (AvgIpc) is 3.35. The summed E-state index contributed by atoms with van der Waals surface area (Å²) in [6.07, 6.45) is 6.40. The summed E-state index contributed by atoms with van der Waals surface area (Å²) in [5.41, 5.74) is 3.74. The summed E-state index contributed by atoms with van der Waals surface area (Å²) >= 11 is 1.47. The fourth-order valence-electron chi connectivity index (χ4n) is 5.45. The van der Waals surface area contributed by atoms with Crippen molar-refractivity contribution in [3.63, 3.8) is 0 Å². The number of halogens is 2. The second kappa shape index (κ2) is 11.6. The van der Waals surface area contributed by atoms with Crippen LogP contribution in [0.15, 0.2) is 42.7 Å². The third-order valence-electron chi connectivity index (χ3n) is 7.49. The second-order valence-corrected chi connectivity index (χ2v) is 11.8. The molecule has 1 aliphatic heterocycles. The first kappa shape index (κ1) is 27.4. The molecule has 6 rings (SSSR count). The van der Waals surface area contributed by atoms with E-state index in [1.54, 1.807) is 23.2 Å². The van der Waals surface area contributed by atoms with Crippen LogP contribution in [0.4, 0.5) is 25.7 Å². The minimum atomic E-state index is -2.69. The van der Waals surface area contributed by atoms with Crippen LogP contribution in [-0.4, -0.2) is 61.1 Å². The minimum absolute atomic E-state index is 0.0833. The zero-order valence-corrected chi connectivity index (χ0v) is 23.2. The van der Waals surface area contributed by atoms with Crippen LogP contribution < -0.4 is 10.6 Å². The van der Waals surface area contributed by atoms with Crippen LogP contribution in [0.5, 0.6) is 0 Å². The molecule has 3 aromatic heterocycles. The van der Waals surface area contributed by atoms with Crippen molar-refractivity contribution in [2.75, 3.05) is 23.7 Å². The summed E-state index contributed by atoms with van der Waals surface area (Å²) in [4.78, 5) is 20.0. The Labute approximate surface area is 240 Å². The molecule has 1 aliphatic carbocycles. The molecule has 2 fully saturated rings. The molecular formula is C29H30F2N8OS. The van der Waals surface area contributed by atoms with Gasteiger partial charge in [0.2, 0.25) is 5.95 Å². The maximum atomic E-state index is 14.1. The summed E-state index contributed by atoms with van der Waals surface area (Å²) in [6, 6.07) is 11.7. The number of aliphatic hydroxyl groups excluding tert-OH is 1. The van der Waals surface area contributed by atoms with Gasteiger partial charge in [-0.15, -0.1) is 0 Å². The molecular weight excluding hydrogens is 546 g/mol. The predicted molar refractivity (Wildman–Crippen MR) is 154 cm³/mol. The molecule has 212 valence electrons. The van der Waals surface area contributed by atoms with Gasteiger partial charge in [-0.3, -0.25) is 9.88 Å². The predicted octanol–water partition coefficient (Wildman–Crippen LogP) is 5.71. The smallest absolute Gasteiger partial charge is 0.260 e. The Morgan fingerprint density at radius 2 is 1.93 bits per heavy atom. The van der Waals surface area contributed by atoms with Crippen molar-refractivity contribution in [1.82, 2.24) is 24.8 Å². The lowest BCUT2D eigenvalue weighted by atomic mass is 9.93. The summed E-state index contributed by atoms with van der Waals surface area (Å²) in [5, 5.41) is 26.4. The molecule has 0 radical (unpaired) electrons. The number of fused-ring (bicyclic) bond motifs is 1. The maximum Gasteiger partial charge on any atom is 0.260 e. The van der Waals surface area contributed by atoms with Gasteiger partial charge in [-0.2, -0.15) is 10.2 Å². The largest absolute Gasteiger partial charge is 0.393 e. The van der Waals surface area contributed by atoms with Gasteiger partial charge in [0.15, 0.2) is 5.13 Å². The highest BCUT2D eigenvalue weighted by molar-refractivity contribution is 7.22. The standard InChI is InChI=1S/C29H30F2N8OS/c30-29(31)8-1-9-39(17-29)16-22-12-26(37-27(35-22)34-21-3-5-23(40)6-4-21)38-28-36-24-7-2-19(11-25(24)41-28)20-10-18(13-32)14-33-15-20/h2,7,10-12,14-15,21,23,40H,1,3-6,8-9,16-17H2,(H2,34,35,36,37,38). The molecule has 0 unspecified atom stereocenters. The van der Waals surface area contributed by atoms with Crippen LogP contribution in [0, 0.1) is 11.3 Å². The van der Waals surface area contributed by atoms with Crippen molar-refractivity contribution < 1.29 is 13.9 Å². The number of aliphatic hydroxyl groups is 1. The molecule has 12 heteroatoms. The van der Waals surface area contributed by atoms with Gasteiger partial charge in [0.25, 0.3) is 5.92 Å². The van der Waals surface area contributed by atoms with Gasteiger partial charge in [0.05, 0.1) is 34.1 Å². The third kappa shape index (κ3) is 6.75. The van der Waals surface area contributed by atoms with E-state index in [0.717, 1.165) is 47.0 Å². The van der Waals surface area contributed by atoms with E-state index < -0.39 is 5.92 Å². The van der Waals surface area contributed by atoms with E-state index in [9.17, 15) is 19.1 Å². The first-order valence-corrected chi connectivity index (χ1v) is 14.6. The number of nitriles is 1. The van der Waals surface area contributed by atoms with Crippen LogP contribution in [-0.2, 0) is 6.54 Å². The van der Waals surface area contributed by atoms with E-state index in [-0.39, 0.29) is 25.1 Å². The van der Waals surface area contributed by atoms with Crippen LogP contribution >= 0.6 is 11.3 Å². The number of likely N-dealkylation sites (tertiary alicyclic amines) is 1. The van der Waals surface area contributed by atoms with Crippen LogP contribution in [0.1, 0.15) is 49.8 Å². The van der Waals surface area contributed by atoms with Crippen LogP contribution in [0.25, 0.3) is 21.3 Å². The van der Waals surface area contributed by atoms with Gasteiger partial charge >= 0.3 is 0 Å². The SMILES string of the molecule is N#Cc1cncc(-c2ccc3nc(Nc4cc(CN5CCCC(F)(F)C5)nc(NC5CCC(O)CC5)n4)sc3c2)c1. The van der Waals surface area contributed by atoms with Gasteiger partial charge in [-0.05, 0) is 62.4 Å². The van der Waals surface area contributed by atoms with E-state index in [2.05, 4.69) is 31.7 Å². The molecule has 0 spiro atoms. The first-order valence-electron chi connectivity index (χ1n) is 13.8. The Bertz CT molecular complexity index is 1580. The van der Waals surface area contributed by atoms with Crippen LogP contribution in [0.2, 0.25) is 0 Å². The molecule has 2 aliphatic rings. The number of nitrogens with one attached hydrogen (secondary N) is 2. The van der Waals surface area contributed by atoms with E-state index in [1.807, 2.05) is 18.2 Å². The fourth-order valence-corrected chi connectivity index (χ4v) is 6.36. The zero-order chi connectivity index (χ0) is 28.4. The summed E-state index contributed by atoms with van der Waals surface area (Å²) < 4.78 is 29.1. The quantitative estimate of drug-likeness (QED) is 0.254. The number of nitrogens with zero attached hydrogens (tertiary/aromatic N) is 6. The number of rotatable bonds is 7. The lowest BCUT2D eigenvalue weighted by molar-refractivity contribution is -0.0663. The lowest BCUT2D eigenvalue weighted by Gasteiger charge is -2.32. The molecule has 0 bridgehead atoms. The number of benzene rings is 1. The zero-order valence-electron chi connectivity index (χ0n) is 22.4. The van der Waals surface area contributed by atoms with Crippen molar-refractivity contribution in [3.8, 4) is 17.2 Å². The molecule has 4 aromatic rings. The summed E-state index contributed by atoms with van der Waals surface area (Å²) in [6.45, 7) is 0.610. The van der Waals surface area contributed by atoms with E-state index in [1.165, 1.54) is 17.5 Å². The number of alkyl halides is 2. The second-order valence-electron chi connectivity index (χ2n) is 10.8. The van der Waals surface area contributed by atoms with Gasteiger partial charge in [-0.25, -0.2) is 18.7 Å². The Kier molecular flexibility index (Phi) is 7.75.